The van der Waals surface area contributed by atoms with E-state index < -0.39 is 24.4 Å². The van der Waals surface area contributed by atoms with Gasteiger partial charge in [0.2, 0.25) is 0 Å². The highest BCUT2D eigenvalue weighted by Crippen LogP contribution is 2.37. The Bertz CT molecular complexity index is 814. The molecule has 1 aliphatic rings. The summed E-state index contributed by atoms with van der Waals surface area (Å²) in [6.07, 6.45) is 0.902. The maximum absolute atomic E-state index is 10.7. The normalized spacial score (nSPS) is 18.3. The number of nitrogens with one attached hydrogen (secondary N) is 1. The van der Waals surface area contributed by atoms with Crippen molar-refractivity contribution < 1.29 is 23.9 Å². The second kappa shape index (κ2) is 6.52. The van der Waals surface area contributed by atoms with Crippen LogP contribution in [0.2, 0.25) is 0 Å². The molecule has 0 unspecified atom stereocenters. The number of fused-ring (bicyclic) bond motifs is 1. The van der Waals surface area contributed by atoms with Crippen molar-refractivity contribution in [2.75, 3.05) is 13.7 Å². The monoisotopic (exact) mass is 360 g/mol. The van der Waals surface area contributed by atoms with Gasteiger partial charge in [-0.1, -0.05) is 0 Å². The smallest absolute Gasteiger partial charge is 0.495 e. The van der Waals surface area contributed by atoms with Crippen molar-refractivity contribution in [3.05, 3.63) is 24.4 Å². The van der Waals surface area contributed by atoms with Gasteiger partial charge in [-0.3, -0.25) is 0 Å². The summed E-state index contributed by atoms with van der Waals surface area (Å²) in [5.74, 6) is 0.702. The van der Waals surface area contributed by atoms with Gasteiger partial charge in [0.1, 0.15) is 5.75 Å². The molecule has 0 radical (unpaired) electrons. The number of carbonyl (C=O) groups is 1. The quantitative estimate of drug-likeness (QED) is 0.799. The molecule has 1 saturated heterocycles. The van der Waals surface area contributed by atoms with Crippen molar-refractivity contribution in [2.24, 2.45) is 0 Å². The number of ether oxygens (including phenoxy) is 1. The zero-order valence-corrected chi connectivity index (χ0v) is 15.8. The standard InChI is InChI=1S/C18H25BN2O5/c1-17(2)18(3,4)26-19(25-17)14-10-12(24-5)11-15-13(14)6-8-21(15)9-7-20-16(22)23/h6,8,10-11,20H,7,9H2,1-5H3,(H,22,23). The molecule has 1 aliphatic heterocycles. The molecule has 2 aromatic rings. The van der Waals surface area contributed by atoms with E-state index in [0.717, 1.165) is 16.4 Å². The fourth-order valence-electron chi connectivity index (χ4n) is 3.06. The number of carboxylic acid groups (broad SMARTS) is 1. The third kappa shape index (κ3) is 3.26. The van der Waals surface area contributed by atoms with E-state index in [9.17, 15) is 4.79 Å². The Morgan fingerprint density at radius 3 is 2.50 bits per heavy atom. The molecular weight excluding hydrogens is 335 g/mol. The molecule has 0 bridgehead atoms. The highest BCUT2D eigenvalue weighted by atomic mass is 16.7. The first-order valence-electron chi connectivity index (χ1n) is 8.64. The topological polar surface area (TPSA) is 82.0 Å². The van der Waals surface area contributed by atoms with E-state index in [4.69, 9.17) is 19.2 Å². The average molecular weight is 360 g/mol. The van der Waals surface area contributed by atoms with Crippen LogP contribution in [-0.2, 0) is 15.9 Å². The summed E-state index contributed by atoms with van der Waals surface area (Å²) >= 11 is 0. The maximum atomic E-state index is 10.7. The fourth-order valence-corrected chi connectivity index (χ4v) is 3.06. The first kappa shape index (κ1) is 18.6. The van der Waals surface area contributed by atoms with Gasteiger partial charge in [-0.05, 0) is 50.7 Å². The second-order valence-electron chi connectivity index (χ2n) is 7.48. The van der Waals surface area contributed by atoms with Gasteiger partial charge in [0.25, 0.3) is 0 Å². The van der Waals surface area contributed by atoms with Crippen LogP contribution in [0.15, 0.2) is 24.4 Å². The van der Waals surface area contributed by atoms with Crippen molar-refractivity contribution in [1.29, 1.82) is 0 Å². The van der Waals surface area contributed by atoms with Crippen LogP contribution in [0.4, 0.5) is 4.79 Å². The summed E-state index contributed by atoms with van der Waals surface area (Å²) in [5.41, 5.74) is 0.992. The van der Waals surface area contributed by atoms with Gasteiger partial charge in [-0.25, -0.2) is 4.79 Å². The number of rotatable bonds is 5. The minimum absolute atomic E-state index is 0.322. The minimum atomic E-state index is -1.03. The van der Waals surface area contributed by atoms with Crippen LogP contribution in [0.5, 0.6) is 5.75 Å². The summed E-state index contributed by atoms with van der Waals surface area (Å²) in [4.78, 5) is 10.7. The molecule has 1 aromatic heterocycles. The van der Waals surface area contributed by atoms with Gasteiger partial charge in [0.15, 0.2) is 0 Å². The summed E-state index contributed by atoms with van der Waals surface area (Å²) in [6.45, 7) is 8.92. The van der Waals surface area contributed by atoms with Crippen LogP contribution in [0.3, 0.4) is 0 Å². The summed E-state index contributed by atoms with van der Waals surface area (Å²) in [5, 5.41) is 12.1. The number of methoxy groups -OCH3 is 1. The molecule has 1 aromatic carbocycles. The molecule has 140 valence electrons. The van der Waals surface area contributed by atoms with E-state index in [1.165, 1.54) is 0 Å². The Kier molecular flexibility index (Phi) is 4.66. The van der Waals surface area contributed by atoms with Crippen LogP contribution in [-0.4, -0.2) is 47.7 Å². The third-order valence-corrected chi connectivity index (χ3v) is 5.27. The molecule has 2 heterocycles. The van der Waals surface area contributed by atoms with Crippen LogP contribution >= 0.6 is 0 Å². The molecule has 0 saturated carbocycles. The van der Waals surface area contributed by atoms with Crippen molar-refractivity contribution >= 4 is 29.6 Å². The third-order valence-electron chi connectivity index (χ3n) is 5.27. The Morgan fingerprint density at radius 1 is 1.27 bits per heavy atom. The largest absolute Gasteiger partial charge is 0.497 e. The molecule has 0 spiro atoms. The lowest BCUT2D eigenvalue weighted by atomic mass is 9.77. The van der Waals surface area contributed by atoms with Crippen LogP contribution in [0.1, 0.15) is 27.7 Å². The number of aromatic nitrogens is 1. The molecule has 8 heteroatoms. The molecule has 2 N–H and O–H groups in total. The van der Waals surface area contributed by atoms with Crippen LogP contribution in [0, 0.1) is 0 Å². The van der Waals surface area contributed by atoms with E-state index in [1.54, 1.807) is 7.11 Å². The SMILES string of the molecule is COc1cc(B2OC(C)(C)C(C)(C)O2)c2ccn(CCNC(=O)O)c2c1. The Labute approximate surface area is 153 Å². The number of hydrogen-bond donors (Lipinski definition) is 2. The van der Waals surface area contributed by atoms with Crippen molar-refractivity contribution in [1.82, 2.24) is 9.88 Å². The van der Waals surface area contributed by atoms with E-state index in [-0.39, 0.29) is 0 Å². The zero-order valence-electron chi connectivity index (χ0n) is 15.8. The lowest BCUT2D eigenvalue weighted by Gasteiger charge is -2.32. The molecule has 3 rings (SSSR count). The highest BCUT2D eigenvalue weighted by Gasteiger charge is 2.52. The molecule has 1 amide bonds. The number of nitrogens with zero attached hydrogens (tertiary/aromatic N) is 1. The molecule has 7 nitrogen and oxygen atoms in total. The molecule has 1 fully saturated rings. The lowest BCUT2D eigenvalue weighted by Crippen LogP contribution is -2.41. The molecule has 26 heavy (non-hydrogen) atoms. The van der Waals surface area contributed by atoms with Gasteiger partial charge in [-0.2, -0.15) is 0 Å². The minimum Gasteiger partial charge on any atom is -0.497 e. The van der Waals surface area contributed by atoms with Crippen molar-refractivity contribution in [2.45, 2.75) is 45.4 Å². The van der Waals surface area contributed by atoms with Crippen molar-refractivity contribution in [3.8, 4) is 5.75 Å². The summed E-state index contributed by atoms with van der Waals surface area (Å²) in [6, 6.07) is 5.87. The molecule has 0 atom stereocenters. The number of amides is 1. The average Bonchev–Trinajstić information content (AvgIpc) is 3.04. The first-order chi connectivity index (χ1) is 12.1. The first-order valence-corrected chi connectivity index (χ1v) is 8.64. The summed E-state index contributed by atoms with van der Waals surface area (Å²) in [7, 11) is 1.12. The Balaban J connectivity index is 1.98. The predicted octanol–water partition coefficient (Wildman–Crippen LogP) is 2.22. The van der Waals surface area contributed by atoms with E-state index in [1.807, 2.05) is 56.7 Å². The van der Waals surface area contributed by atoms with Crippen molar-refractivity contribution in [3.63, 3.8) is 0 Å². The highest BCUT2D eigenvalue weighted by molar-refractivity contribution is 6.65. The Morgan fingerprint density at radius 2 is 1.92 bits per heavy atom. The van der Waals surface area contributed by atoms with Crippen LogP contribution in [0.25, 0.3) is 10.9 Å². The van der Waals surface area contributed by atoms with E-state index >= 15 is 0 Å². The van der Waals surface area contributed by atoms with Gasteiger partial charge in [0, 0.05) is 25.4 Å². The Hall–Kier alpha value is -2.19. The van der Waals surface area contributed by atoms with Gasteiger partial charge in [-0.15, -0.1) is 0 Å². The summed E-state index contributed by atoms with van der Waals surface area (Å²) < 4.78 is 19.9. The van der Waals surface area contributed by atoms with Gasteiger partial charge < -0.3 is 29.0 Å². The zero-order chi connectivity index (χ0) is 19.1. The van der Waals surface area contributed by atoms with E-state index in [0.29, 0.717) is 18.8 Å². The fraction of sp³-hybridized carbons (Fsp3) is 0.500. The van der Waals surface area contributed by atoms with Crippen LogP contribution < -0.4 is 15.5 Å². The molecular formula is C18H25BN2O5. The van der Waals surface area contributed by atoms with E-state index in [2.05, 4.69) is 5.32 Å². The predicted molar refractivity (Wildman–Crippen MR) is 100 cm³/mol. The maximum Gasteiger partial charge on any atom is 0.495 e. The lowest BCUT2D eigenvalue weighted by molar-refractivity contribution is 0.00578. The number of hydrogen-bond acceptors (Lipinski definition) is 4. The molecule has 0 aliphatic carbocycles. The van der Waals surface area contributed by atoms with Gasteiger partial charge >= 0.3 is 13.2 Å². The number of benzene rings is 1. The second-order valence-corrected chi connectivity index (χ2v) is 7.48. The van der Waals surface area contributed by atoms with Gasteiger partial charge in [0.05, 0.1) is 23.8 Å².